The van der Waals surface area contributed by atoms with Gasteiger partial charge < -0.3 is 24.3 Å². The van der Waals surface area contributed by atoms with Crippen LogP contribution in [0.1, 0.15) is 16.1 Å². The van der Waals surface area contributed by atoms with Crippen molar-refractivity contribution in [1.82, 2.24) is 15.1 Å². The predicted octanol–water partition coefficient (Wildman–Crippen LogP) is 1.75. The number of hydrogen-bond acceptors (Lipinski definition) is 4. The fourth-order valence-corrected chi connectivity index (χ4v) is 3.36. The zero-order valence-electron chi connectivity index (χ0n) is 14.4. The van der Waals surface area contributed by atoms with Crippen molar-refractivity contribution >= 4 is 11.9 Å². The lowest BCUT2D eigenvalue weighted by Gasteiger charge is -2.35. The van der Waals surface area contributed by atoms with Crippen molar-refractivity contribution in [2.45, 2.75) is 12.5 Å². The van der Waals surface area contributed by atoms with Crippen LogP contribution in [0.4, 0.5) is 4.79 Å². The number of carbonyl (C=O) groups is 2. The van der Waals surface area contributed by atoms with Crippen molar-refractivity contribution in [3.05, 3.63) is 54.0 Å². The third-order valence-corrected chi connectivity index (χ3v) is 4.79. The summed E-state index contributed by atoms with van der Waals surface area (Å²) >= 11 is 0. The van der Waals surface area contributed by atoms with Crippen LogP contribution < -0.4 is 10.1 Å². The molecule has 3 heterocycles. The first-order valence-electron chi connectivity index (χ1n) is 8.79. The molecule has 1 saturated heterocycles. The van der Waals surface area contributed by atoms with Gasteiger partial charge >= 0.3 is 6.03 Å². The summed E-state index contributed by atoms with van der Waals surface area (Å²) in [6.07, 6.45) is 2.25. The van der Waals surface area contributed by atoms with E-state index in [9.17, 15) is 9.59 Å². The molecule has 0 spiro atoms. The summed E-state index contributed by atoms with van der Waals surface area (Å²) in [5.74, 6) is 1.09. The molecule has 7 heteroatoms. The second-order valence-electron chi connectivity index (χ2n) is 6.53. The molecule has 1 atom stereocenters. The zero-order valence-corrected chi connectivity index (χ0v) is 14.4. The summed E-state index contributed by atoms with van der Waals surface area (Å²) in [4.78, 5) is 28.2. The number of furan rings is 1. The Labute approximate surface area is 151 Å². The van der Waals surface area contributed by atoms with Crippen LogP contribution in [0.3, 0.4) is 0 Å². The Morgan fingerprint density at radius 3 is 2.54 bits per heavy atom. The average Bonchev–Trinajstić information content (AvgIpc) is 3.22. The van der Waals surface area contributed by atoms with Gasteiger partial charge in [0.05, 0.1) is 12.3 Å². The molecule has 0 radical (unpaired) electrons. The third-order valence-electron chi connectivity index (χ3n) is 4.79. The van der Waals surface area contributed by atoms with Crippen LogP contribution in [-0.4, -0.2) is 60.6 Å². The lowest BCUT2D eigenvalue weighted by atomic mass is 10.0. The second kappa shape index (κ2) is 7.11. The molecule has 7 nitrogen and oxygen atoms in total. The molecule has 1 aromatic carbocycles. The first-order chi connectivity index (χ1) is 12.7. The van der Waals surface area contributed by atoms with Crippen LogP contribution in [0.15, 0.2) is 47.1 Å². The van der Waals surface area contributed by atoms with E-state index in [0.29, 0.717) is 38.5 Å². The molecule has 1 unspecified atom stereocenters. The number of para-hydroxylation sites is 1. The Morgan fingerprint density at radius 2 is 1.77 bits per heavy atom. The molecule has 2 aromatic rings. The standard InChI is InChI=1S/C19H21N3O4/c23-18(17-6-3-11-25-17)21-7-9-22(10-8-21)19(24)20-15-12-14-4-1-2-5-16(14)26-13-15/h1-6,11,15H,7-10,12-13H2,(H,20,24). The van der Waals surface area contributed by atoms with Crippen LogP contribution in [0.2, 0.25) is 0 Å². The number of benzene rings is 1. The van der Waals surface area contributed by atoms with Crippen LogP contribution in [0.25, 0.3) is 0 Å². The molecule has 1 aromatic heterocycles. The van der Waals surface area contributed by atoms with Gasteiger partial charge in [-0.05, 0) is 30.2 Å². The number of ether oxygens (including phenoxy) is 1. The second-order valence-corrected chi connectivity index (χ2v) is 6.53. The highest BCUT2D eigenvalue weighted by atomic mass is 16.5. The Hall–Kier alpha value is -2.96. The van der Waals surface area contributed by atoms with E-state index in [1.165, 1.54) is 6.26 Å². The van der Waals surface area contributed by atoms with Gasteiger partial charge in [0.1, 0.15) is 12.4 Å². The molecular weight excluding hydrogens is 334 g/mol. The molecule has 1 fully saturated rings. The molecule has 4 rings (SSSR count). The average molecular weight is 355 g/mol. The van der Waals surface area contributed by atoms with Crippen LogP contribution >= 0.6 is 0 Å². The molecule has 0 saturated carbocycles. The molecule has 2 aliphatic rings. The van der Waals surface area contributed by atoms with E-state index in [1.54, 1.807) is 21.9 Å². The van der Waals surface area contributed by atoms with Gasteiger partial charge in [-0.1, -0.05) is 18.2 Å². The number of nitrogens with one attached hydrogen (secondary N) is 1. The predicted molar refractivity (Wildman–Crippen MR) is 94.1 cm³/mol. The van der Waals surface area contributed by atoms with Gasteiger partial charge in [-0.15, -0.1) is 0 Å². The van der Waals surface area contributed by atoms with Crippen molar-refractivity contribution in [3.63, 3.8) is 0 Å². The number of rotatable bonds is 2. The molecule has 1 N–H and O–H groups in total. The number of amides is 3. The smallest absolute Gasteiger partial charge is 0.317 e. The summed E-state index contributed by atoms with van der Waals surface area (Å²) in [7, 11) is 0. The lowest BCUT2D eigenvalue weighted by molar-refractivity contribution is 0.0631. The summed E-state index contributed by atoms with van der Waals surface area (Å²) in [6, 6.07) is 11.1. The van der Waals surface area contributed by atoms with Crippen LogP contribution in [0.5, 0.6) is 5.75 Å². The number of nitrogens with zero attached hydrogens (tertiary/aromatic N) is 2. The summed E-state index contributed by atoms with van der Waals surface area (Å²) in [6.45, 7) is 2.47. The molecule has 0 bridgehead atoms. The quantitative estimate of drug-likeness (QED) is 0.891. The van der Waals surface area contributed by atoms with Gasteiger partial charge in [0.25, 0.3) is 5.91 Å². The van der Waals surface area contributed by atoms with E-state index in [1.807, 2.05) is 24.3 Å². The van der Waals surface area contributed by atoms with Gasteiger partial charge in [-0.2, -0.15) is 0 Å². The highest BCUT2D eigenvalue weighted by Gasteiger charge is 2.28. The van der Waals surface area contributed by atoms with E-state index in [-0.39, 0.29) is 18.0 Å². The van der Waals surface area contributed by atoms with E-state index < -0.39 is 0 Å². The molecule has 3 amide bonds. The third kappa shape index (κ3) is 3.37. The van der Waals surface area contributed by atoms with E-state index >= 15 is 0 Å². The Morgan fingerprint density at radius 1 is 1.00 bits per heavy atom. The topological polar surface area (TPSA) is 75.0 Å². The van der Waals surface area contributed by atoms with Crippen molar-refractivity contribution in [2.75, 3.05) is 32.8 Å². The number of urea groups is 1. The maximum absolute atomic E-state index is 12.5. The van der Waals surface area contributed by atoms with Crippen LogP contribution in [0, 0.1) is 0 Å². The molecule has 0 aliphatic carbocycles. The first-order valence-corrected chi connectivity index (χ1v) is 8.79. The lowest BCUT2D eigenvalue weighted by Crippen LogP contribution is -2.55. The fraction of sp³-hybridized carbons (Fsp3) is 0.368. The van der Waals surface area contributed by atoms with Crippen molar-refractivity contribution in [2.24, 2.45) is 0 Å². The normalized spacial score (nSPS) is 19.5. The minimum absolute atomic E-state index is 0.0415. The van der Waals surface area contributed by atoms with Gasteiger partial charge in [-0.3, -0.25) is 4.79 Å². The molecule has 2 aliphatic heterocycles. The van der Waals surface area contributed by atoms with Crippen molar-refractivity contribution < 1.29 is 18.7 Å². The molecule has 136 valence electrons. The number of hydrogen-bond donors (Lipinski definition) is 1. The van der Waals surface area contributed by atoms with Gasteiger partial charge in [0.15, 0.2) is 5.76 Å². The minimum atomic E-state index is -0.132. The Balaban J connectivity index is 1.28. The van der Waals surface area contributed by atoms with Gasteiger partial charge in [-0.25, -0.2) is 4.79 Å². The Kier molecular flexibility index (Phi) is 4.51. The van der Waals surface area contributed by atoms with Gasteiger partial charge in [0, 0.05) is 26.2 Å². The molecule has 26 heavy (non-hydrogen) atoms. The van der Waals surface area contributed by atoms with E-state index in [0.717, 1.165) is 17.7 Å². The van der Waals surface area contributed by atoms with Crippen LogP contribution in [-0.2, 0) is 6.42 Å². The number of carbonyl (C=O) groups excluding carboxylic acids is 2. The zero-order chi connectivity index (χ0) is 17.9. The fourth-order valence-electron chi connectivity index (χ4n) is 3.36. The number of piperazine rings is 1. The maximum atomic E-state index is 12.5. The summed E-state index contributed by atoms with van der Waals surface area (Å²) in [5.41, 5.74) is 1.11. The van der Waals surface area contributed by atoms with Gasteiger partial charge in [0.2, 0.25) is 0 Å². The minimum Gasteiger partial charge on any atom is -0.491 e. The SMILES string of the molecule is O=C(NC1COc2ccccc2C1)N1CCN(C(=O)c2ccco2)CC1. The largest absolute Gasteiger partial charge is 0.491 e. The monoisotopic (exact) mass is 355 g/mol. The first kappa shape index (κ1) is 16.5. The van der Waals surface area contributed by atoms with E-state index in [2.05, 4.69) is 5.32 Å². The highest BCUT2D eigenvalue weighted by molar-refractivity contribution is 5.91. The maximum Gasteiger partial charge on any atom is 0.317 e. The number of fused-ring (bicyclic) bond motifs is 1. The Bertz CT molecular complexity index is 782. The summed E-state index contributed by atoms with van der Waals surface area (Å²) < 4.78 is 10.9. The molecular formula is C19H21N3O4. The highest BCUT2D eigenvalue weighted by Crippen LogP contribution is 2.24. The van der Waals surface area contributed by atoms with Crippen molar-refractivity contribution in [1.29, 1.82) is 0 Å². The van der Waals surface area contributed by atoms with E-state index in [4.69, 9.17) is 9.15 Å². The summed E-state index contributed by atoms with van der Waals surface area (Å²) in [5, 5.41) is 3.04. The van der Waals surface area contributed by atoms with Crippen molar-refractivity contribution in [3.8, 4) is 5.75 Å².